The SMILES string of the molecule is Cn1nc(N)c(C(=O)NCc2cc3cccc(Cl)c3c(=O)n2-c2ccccc2)c1Cl. The van der Waals surface area contributed by atoms with Crippen LogP contribution in [0.5, 0.6) is 0 Å². The average molecular weight is 442 g/mol. The first kappa shape index (κ1) is 20.0. The number of halogens is 2. The van der Waals surface area contributed by atoms with Gasteiger partial charge in [-0.15, -0.1) is 0 Å². The van der Waals surface area contributed by atoms with E-state index in [-0.39, 0.29) is 28.6 Å². The molecule has 0 saturated carbocycles. The molecule has 9 heteroatoms. The molecule has 0 aliphatic carbocycles. The molecule has 2 heterocycles. The van der Waals surface area contributed by atoms with E-state index < -0.39 is 5.91 Å². The number of anilines is 1. The summed E-state index contributed by atoms with van der Waals surface area (Å²) >= 11 is 12.4. The Bertz CT molecular complexity index is 1330. The third-order valence-corrected chi connectivity index (χ3v) is 5.50. The molecule has 0 unspecified atom stereocenters. The van der Waals surface area contributed by atoms with E-state index in [4.69, 9.17) is 28.9 Å². The number of pyridine rings is 1. The number of nitrogens with zero attached hydrogens (tertiary/aromatic N) is 3. The predicted molar refractivity (Wildman–Crippen MR) is 118 cm³/mol. The number of hydrogen-bond donors (Lipinski definition) is 2. The summed E-state index contributed by atoms with van der Waals surface area (Å²) in [6.07, 6.45) is 0. The van der Waals surface area contributed by atoms with E-state index in [0.29, 0.717) is 27.2 Å². The first-order chi connectivity index (χ1) is 14.4. The normalized spacial score (nSPS) is 11.0. The lowest BCUT2D eigenvalue weighted by molar-refractivity contribution is 0.0951. The van der Waals surface area contributed by atoms with E-state index in [1.54, 1.807) is 25.2 Å². The zero-order valence-corrected chi connectivity index (χ0v) is 17.4. The van der Waals surface area contributed by atoms with Gasteiger partial charge in [-0.3, -0.25) is 18.8 Å². The fourth-order valence-electron chi connectivity index (χ4n) is 3.36. The molecule has 4 rings (SSSR count). The van der Waals surface area contributed by atoms with E-state index in [1.165, 1.54) is 9.25 Å². The maximum absolute atomic E-state index is 13.3. The fraction of sp³-hybridized carbons (Fsp3) is 0.0952. The summed E-state index contributed by atoms with van der Waals surface area (Å²) in [6.45, 7) is 0.0656. The number of amides is 1. The van der Waals surface area contributed by atoms with Gasteiger partial charge in [0.1, 0.15) is 10.7 Å². The molecule has 4 aromatic rings. The number of para-hydroxylation sites is 1. The zero-order valence-electron chi connectivity index (χ0n) is 15.9. The lowest BCUT2D eigenvalue weighted by Crippen LogP contribution is -2.29. The van der Waals surface area contributed by atoms with Crippen molar-refractivity contribution in [2.75, 3.05) is 5.73 Å². The molecule has 0 bridgehead atoms. The maximum Gasteiger partial charge on any atom is 0.264 e. The molecule has 0 radical (unpaired) electrons. The lowest BCUT2D eigenvalue weighted by Gasteiger charge is -2.16. The van der Waals surface area contributed by atoms with Crippen LogP contribution in [0.4, 0.5) is 5.82 Å². The first-order valence-corrected chi connectivity index (χ1v) is 9.79. The summed E-state index contributed by atoms with van der Waals surface area (Å²) in [5.74, 6) is -0.449. The molecule has 1 amide bonds. The highest BCUT2D eigenvalue weighted by atomic mass is 35.5. The largest absolute Gasteiger partial charge is 0.382 e. The summed E-state index contributed by atoms with van der Waals surface area (Å²) in [7, 11) is 1.59. The smallest absolute Gasteiger partial charge is 0.264 e. The van der Waals surface area contributed by atoms with Crippen LogP contribution in [0.1, 0.15) is 16.1 Å². The molecule has 0 spiro atoms. The zero-order chi connectivity index (χ0) is 21.4. The number of benzene rings is 2. The number of nitrogens with two attached hydrogens (primary N) is 1. The number of hydrogen-bond acceptors (Lipinski definition) is 4. The third-order valence-electron chi connectivity index (χ3n) is 4.75. The van der Waals surface area contributed by atoms with Gasteiger partial charge in [-0.2, -0.15) is 5.10 Å². The third kappa shape index (κ3) is 3.42. The van der Waals surface area contributed by atoms with Gasteiger partial charge in [0, 0.05) is 18.4 Å². The van der Waals surface area contributed by atoms with Crippen molar-refractivity contribution in [2.24, 2.45) is 7.05 Å². The van der Waals surface area contributed by atoms with E-state index in [0.717, 1.165) is 0 Å². The van der Waals surface area contributed by atoms with Gasteiger partial charge in [-0.05, 0) is 29.7 Å². The number of fused-ring (bicyclic) bond motifs is 1. The second kappa shape index (κ2) is 7.85. The van der Waals surface area contributed by atoms with Crippen LogP contribution in [-0.4, -0.2) is 20.3 Å². The van der Waals surface area contributed by atoms with Crippen LogP contribution < -0.4 is 16.6 Å². The van der Waals surface area contributed by atoms with Crippen molar-refractivity contribution in [3.05, 3.63) is 86.4 Å². The summed E-state index contributed by atoms with van der Waals surface area (Å²) in [4.78, 5) is 26.0. The molecule has 0 aliphatic rings. The Kier molecular flexibility index (Phi) is 5.24. The lowest BCUT2D eigenvalue weighted by atomic mass is 10.1. The molecule has 30 heavy (non-hydrogen) atoms. The number of nitrogens with one attached hydrogen (secondary N) is 1. The minimum Gasteiger partial charge on any atom is -0.382 e. The number of nitrogen functional groups attached to an aromatic ring is 1. The van der Waals surface area contributed by atoms with Crippen molar-refractivity contribution in [2.45, 2.75) is 6.54 Å². The number of carbonyl (C=O) groups excluding carboxylic acids is 1. The molecule has 2 aromatic carbocycles. The van der Waals surface area contributed by atoms with Crippen LogP contribution in [0.15, 0.2) is 59.4 Å². The number of carbonyl (C=O) groups is 1. The highest BCUT2D eigenvalue weighted by molar-refractivity contribution is 6.35. The Hall–Kier alpha value is -3.29. The summed E-state index contributed by atoms with van der Waals surface area (Å²) in [5.41, 5.74) is 6.86. The molecule has 7 nitrogen and oxygen atoms in total. The van der Waals surface area contributed by atoms with Crippen molar-refractivity contribution in [1.29, 1.82) is 0 Å². The van der Waals surface area contributed by atoms with Crippen LogP contribution in [0.2, 0.25) is 10.2 Å². The van der Waals surface area contributed by atoms with Crippen molar-refractivity contribution >= 4 is 45.7 Å². The molecule has 0 saturated heterocycles. The topological polar surface area (TPSA) is 94.9 Å². The molecule has 2 aromatic heterocycles. The van der Waals surface area contributed by atoms with Crippen LogP contribution in [0, 0.1) is 0 Å². The maximum atomic E-state index is 13.3. The van der Waals surface area contributed by atoms with Gasteiger partial charge in [0.2, 0.25) is 0 Å². The highest BCUT2D eigenvalue weighted by Crippen LogP contribution is 2.24. The van der Waals surface area contributed by atoms with Crippen LogP contribution >= 0.6 is 23.2 Å². The van der Waals surface area contributed by atoms with Gasteiger partial charge in [0.25, 0.3) is 11.5 Å². The first-order valence-electron chi connectivity index (χ1n) is 9.03. The van der Waals surface area contributed by atoms with Gasteiger partial charge >= 0.3 is 0 Å². The van der Waals surface area contributed by atoms with Gasteiger partial charge in [-0.1, -0.05) is 53.5 Å². The number of aryl methyl sites for hydroxylation is 1. The van der Waals surface area contributed by atoms with E-state index in [2.05, 4.69) is 10.4 Å². The quantitative estimate of drug-likeness (QED) is 0.506. The van der Waals surface area contributed by atoms with Crippen LogP contribution in [-0.2, 0) is 13.6 Å². The van der Waals surface area contributed by atoms with Crippen molar-refractivity contribution in [3.63, 3.8) is 0 Å². The minimum absolute atomic E-state index is 0.0331. The predicted octanol–water partition coefficient (Wildman–Crippen LogP) is 3.54. The van der Waals surface area contributed by atoms with Crippen LogP contribution in [0.3, 0.4) is 0 Å². The van der Waals surface area contributed by atoms with Gasteiger partial charge < -0.3 is 11.1 Å². The van der Waals surface area contributed by atoms with Gasteiger partial charge in [0.05, 0.1) is 17.0 Å². The Balaban J connectivity index is 1.80. The van der Waals surface area contributed by atoms with E-state index >= 15 is 0 Å². The standard InChI is InChI=1S/C21H17Cl2N5O2/c1-27-18(23)17(19(24)26-27)20(29)25-11-14-10-12-6-5-9-15(22)16(12)21(30)28(14)13-7-3-2-4-8-13/h2-10H,11H2,1H3,(H2,24,26)(H,25,29). The molecule has 0 fully saturated rings. The van der Waals surface area contributed by atoms with Crippen molar-refractivity contribution in [3.8, 4) is 5.69 Å². The summed E-state index contributed by atoms with van der Waals surface area (Å²) < 4.78 is 2.85. The Morgan fingerprint density at radius 2 is 1.87 bits per heavy atom. The van der Waals surface area contributed by atoms with Crippen molar-refractivity contribution < 1.29 is 4.79 Å². The Morgan fingerprint density at radius 1 is 1.13 bits per heavy atom. The average Bonchev–Trinajstić information content (AvgIpc) is 2.98. The monoisotopic (exact) mass is 441 g/mol. The van der Waals surface area contributed by atoms with E-state index in [1.807, 2.05) is 36.4 Å². The minimum atomic E-state index is -0.483. The summed E-state index contributed by atoms with van der Waals surface area (Å²) in [6, 6.07) is 16.2. The second-order valence-corrected chi connectivity index (χ2v) is 7.44. The molecule has 152 valence electrons. The van der Waals surface area contributed by atoms with Gasteiger partial charge in [-0.25, -0.2) is 0 Å². The van der Waals surface area contributed by atoms with Crippen LogP contribution in [0.25, 0.3) is 16.5 Å². The number of rotatable bonds is 4. The second-order valence-electron chi connectivity index (χ2n) is 6.67. The van der Waals surface area contributed by atoms with Gasteiger partial charge in [0.15, 0.2) is 5.82 Å². The highest BCUT2D eigenvalue weighted by Gasteiger charge is 2.20. The molecule has 3 N–H and O–H groups in total. The molecule has 0 atom stereocenters. The van der Waals surface area contributed by atoms with E-state index in [9.17, 15) is 9.59 Å². The molecular weight excluding hydrogens is 425 g/mol. The Morgan fingerprint density at radius 3 is 2.53 bits per heavy atom. The summed E-state index contributed by atoms with van der Waals surface area (Å²) in [5, 5.41) is 8.33. The molecular formula is C21H17Cl2N5O2. The number of aromatic nitrogens is 3. The van der Waals surface area contributed by atoms with Crippen molar-refractivity contribution in [1.82, 2.24) is 19.7 Å². The fourth-order valence-corrected chi connectivity index (χ4v) is 3.84. The molecule has 0 aliphatic heterocycles. The Labute approximate surface area is 181 Å².